The molecule has 0 radical (unpaired) electrons. The largest absolute Gasteiger partial charge is 0.477 e. The molecule has 4 rings (SSSR count). The minimum absolute atomic E-state index is 0. The Labute approximate surface area is 155 Å². The average Bonchev–Trinajstić information content (AvgIpc) is 3.29. The minimum Gasteiger partial charge on any atom is -0.477 e. The molecule has 1 aliphatic carbocycles. The highest BCUT2D eigenvalue weighted by molar-refractivity contribution is 6.38. The standard InChI is InChI=1S/C17H18ClN3O3.ClH/c18-14-13(20-6-5-9(19)7-20)4-3-11-15(14)21(10-1-2-10)8-12(16(11)22)17(23)24;/h3-4,8-10H,1-2,5-7,19H2,(H,23,24);1H. The quantitative estimate of drug-likeness (QED) is 0.850. The van der Waals surface area contributed by atoms with Gasteiger partial charge in [-0.25, -0.2) is 4.79 Å². The van der Waals surface area contributed by atoms with Crippen molar-refractivity contribution in [2.75, 3.05) is 18.0 Å². The Balaban J connectivity index is 0.00000182. The van der Waals surface area contributed by atoms with E-state index in [0.29, 0.717) is 15.9 Å². The van der Waals surface area contributed by atoms with Crippen molar-refractivity contribution in [2.24, 2.45) is 5.73 Å². The van der Waals surface area contributed by atoms with Gasteiger partial charge in [-0.05, 0) is 31.4 Å². The highest BCUT2D eigenvalue weighted by Crippen LogP contribution is 2.41. The van der Waals surface area contributed by atoms with Crippen LogP contribution in [0.15, 0.2) is 23.1 Å². The number of pyridine rings is 1. The van der Waals surface area contributed by atoms with Gasteiger partial charge in [0.1, 0.15) is 5.56 Å². The number of benzene rings is 1. The van der Waals surface area contributed by atoms with E-state index in [9.17, 15) is 14.7 Å². The van der Waals surface area contributed by atoms with Crippen LogP contribution in [-0.2, 0) is 0 Å². The average molecular weight is 384 g/mol. The summed E-state index contributed by atoms with van der Waals surface area (Å²) in [6, 6.07) is 3.82. The molecule has 1 aliphatic heterocycles. The van der Waals surface area contributed by atoms with Crippen LogP contribution in [-0.4, -0.2) is 34.8 Å². The first-order valence-corrected chi connectivity index (χ1v) is 8.46. The molecule has 2 fully saturated rings. The number of fused-ring (bicyclic) bond motifs is 1. The van der Waals surface area contributed by atoms with Crippen molar-refractivity contribution in [2.45, 2.75) is 31.3 Å². The molecular formula is C17H19Cl2N3O3. The predicted molar refractivity (Wildman–Crippen MR) is 101 cm³/mol. The molecule has 0 spiro atoms. The third-order valence-electron chi connectivity index (χ3n) is 4.85. The summed E-state index contributed by atoms with van der Waals surface area (Å²) in [6.07, 6.45) is 4.27. The molecule has 8 heteroatoms. The summed E-state index contributed by atoms with van der Waals surface area (Å²) in [5.74, 6) is -1.21. The lowest BCUT2D eigenvalue weighted by atomic mass is 10.1. The molecule has 134 valence electrons. The van der Waals surface area contributed by atoms with Gasteiger partial charge in [-0.2, -0.15) is 0 Å². The van der Waals surface area contributed by atoms with Crippen LogP contribution in [0.5, 0.6) is 0 Å². The maximum Gasteiger partial charge on any atom is 0.341 e. The van der Waals surface area contributed by atoms with Crippen LogP contribution >= 0.6 is 24.0 Å². The lowest BCUT2D eigenvalue weighted by Crippen LogP contribution is -2.26. The monoisotopic (exact) mass is 383 g/mol. The Morgan fingerprint density at radius 3 is 2.56 bits per heavy atom. The number of nitrogens with zero attached hydrogens (tertiary/aromatic N) is 2. The molecule has 1 saturated carbocycles. The smallest absolute Gasteiger partial charge is 0.341 e. The van der Waals surface area contributed by atoms with E-state index in [1.807, 2.05) is 4.57 Å². The van der Waals surface area contributed by atoms with Gasteiger partial charge < -0.3 is 20.3 Å². The van der Waals surface area contributed by atoms with Crippen molar-refractivity contribution >= 4 is 46.6 Å². The van der Waals surface area contributed by atoms with E-state index in [-0.39, 0.29) is 30.1 Å². The number of hydrogen-bond acceptors (Lipinski definition) is 4. The van der Waals surface area contributed by atoms with Crippen LogP contribution in [0.25, 0.3) is 10.9 Å². The van der Waals surface area contributed by atoms with Gasteiger partial charge >= 0.3 is 5.97 Å². The highest BCUT2D eigenvalue weighted by atomic mass is 35.5. The van der Waals surface area contributed by atoms with Gasteiger partial charge in [-0.1, -0.05) is 11.6 Å². The lowest BCUT2D eigenvalue weighted by Gasteiger charge is -2.22. The van der Waals surface area contributed by atoms with Crippen LogP contribution in [0.3, 0.4) is 0 Å². The maximum absolute atomic E-state index is 12.5. The second-order valence-corrected chi connectivity index (χ2v) is 6.98. The molecular weight excluding hydrogens is 365 g/mol. The van der Waals surface area contributed by atoms with Crippen LogP contribution < -0.4 is 16.1 Å². The first kappa shape index (κ1) is 18.0. The second-order valence-electron chi connectivity index (χ2n) is 6.61. The summed E-state index contributed by atoms with van der Waals surface area (Å²) in [5.41, 5.74) is 6.78. The fourth-order valence-corrected chi connectivity index (χ4v) is 3.82. The van der Waals surface area contributed by atoms with Gasteiger partial charge in [0, 0.05) is 36.8 Å². The number of aromatic nitrogens is 1. The number of rotatable bonds is 3. The van der Waals surface area contributed by atoms with E-state index in [4.69, 9.17) is 17.3 Å². The maximum atomic E-state index is 12.5. The molecule has 1 saturated heterocycles. The fraction of sp³-hybridized carbons (Fsp3) is 0.412. The molecule has 3 N–H and O–H groups in total. The molecule has 1 aromatic heterocycles. The first-order chi connectivity index (χ1) is 11.5. The molecule has 0 amide bonds. The Morgan fingerprint density at radius 2 is 2.00 bits per heavy atom. The second kappa shape index (κ2) is 6.52. The minimum atomic E-state index is -1.21. The molecule has 2 heterocycles. The van der Waals surface area contributed by atoms with Crippen molar-refractivity contribution in [3.8, 4) is 0 Å². The van der Waals surface area contributed by atoms with Crippen LogP contribution in [0.2, 0.25) is 5.02 Å². The number of hydrogen-bond donors (Lipinski definition) is 2. The van der Waals surface area contributed by atoms with Crippen molar-refractivity contribution in [3.63, 3.8) is 0 Å². The van der Waals surface area contributed by atoms with Gasteiger partial charge in [-0.15, -0.1) is 12.4 Å². The number of carbonyl (C=O) groups is 1. The van der Waals surface area contributed by atoms with E-state index in [2.05, 4.69) is 4.90 Å². The Kier molecular flexibility index (Phi) is 4.70. The summed E-state index contributed by atoms with van der Waals surface area (Å²) in [5, 5.41) is 10.2. The third-order valence-corrected chi connectivity index (χ3v) is 5.22. The normalized spacial score (nSPS) is 19.9. The number of carboxylic acid groups (broad SMARTS) is 1. The highest BCUT2D eigenvalue weighted by Gasteiger charge is 2.29. The van der Waals surface area contributed by atoms with Gasteiger partial charge in [-0.3, -0.25) is 4.79 Å². The molecule has 25 heavy (non-hydrogen) atoms. The van der Waals surface area contributed by atoms with Crippen molar-refractivity contribution in [1.29, 1.82) is 0 Å². The Bertz CT molecular complexity index is 908. The zero-order valence-corrected chi connectivity index (χ0v) is 15.0. The predicted octanol–water partition coefficient (Wildman–Crippen LogP) is 2.65. The third kappa shape index (κ3) is 2.99. The fourth-order valence-electron chi connectivity index (χ4n) is 3.44. The molecule has 1 unspecified atom stereocenters. The van der Waals surface area contributed by atoms with Gasteiger partial charge in [0.25, 0.3) is 0 Å². The van der Waals surface area contributed by atoms with Crippen molar-refractivity contribution in [1.82, 2.24) is 4.57 Å². The van der Waals surface area contributed by atoms with Gasteiger partial charge in [0.05, 0.1) is 16.2 Å². The number of halogens is 2. The summed E-state index contributed by atoms with van der Waals surface area (Å²) in [4.78, 5) is 26.0. The zero-order valence-electron chi connectivity index (χ0n) is 13.4. The van der Waals surface area contributed by atoms with Crippen LogP contribution in [0, 0.1) is 0 Å². The SMILES string of the molecule is Cl.NC1CCN(c2ccc3c(=O)c(C(=O)O)cn(C4CC4)c3c2Cl)C1. The lowest BCUT2D eigenvalue weighted by molar-refractivity contribution is 0.0695. The van der Waals surface area contributed by atoms with Gasteiger partial charge in [0.2, 0.25) is 5.43 Å². The summed E-state index contributed by atoms with van der Waals surface area (Å²) < 4.78 is 1.86. The topological polar surface area (TPSA) is 88.6 Å². The molecule has 1 atom stereocenters. The van der Waals surface area contributed by atoms with Gasteiger partial charge in [0.15, 0.2) is 0 Å². The first-order valence-electron chi connectivity index (χ1n) is 8.08. The van der Waals surface area contributed by atoms with Crippen molar-refractivity contribution < 1.29 is 9.90 Å². The Morgan fingerprint density at radius 1 is 1.28 bits per heavy atom. The molecule has 0 bridgehead atoms. The van der Waals surface area contributed by atoms with E-state index in [1.54, 1.807) is 12.1 Å². The summed E-state index contributed by atoms with van der Waals surface area (Å²) in [7, 11) is 0. The summed E-state index contributed by atoms with van der Waals surface area (Å²) in [6.45, 7) is 1.55. The number of carboxylic acids is 1. The number of anilines is 1. The molecule has 6 nitrogen and oxygen atoms in total. The van der Waals surface area contributed by atoms with E-state index < -0.39 is 11.4 Å². The molecule has 2 aromatic rings. The van der Waals surface area contributed by atoms with E-state index in [1.165, 1.54) is 6.20 Å². The number of aromatic carboxylic acids is 1. The summed E-state index contributed by atoms with van der Waals surface area (Å²) >= 11 is 6.66. The zero-order chi connectivity index (χ0) is 17.0. The Hall–Kier alpha value is -1.76. The van der Waals surface area contributed by atoms with Crippen LogP contribution in [0.1, 0.15) is 35.7 Å². The number of nitrogens with two attached hydrogens (primary N) is 1. The van der Waals surface area contributed by atoms with Crippen LogP contribution in [0.4, 0.5) is 5.69 Å². The van der Waals surface area contributed by atoms with Crippen molar-refractivity contribution in [3.05, 3.63) is 39.1 Å². The molecule has 1 aromatic carbocycles. The van der Waals surface area contributed by atoms with E-state index in [0.717, 1.165) is 38.0 Å². The molecule has 2 aliphatic rings. The van der Waals surface area contributed by atoms with E-state index >= 15 is 0 Å².